The van der Waals surface area contributed by atoms with Crippen molar-refractivity contribution in [1.29, 1.82) is 0 Å². The van der Waals surface area contributed by atoms with Gasteiger partial charge >= 0.3 is 6.03 Å². The third-order valence-electron chi connectivity index (χ3n) is 5.83. The summed E-state index contributed by atoms with van der Waals surface area (Å²) in [5.41, 5.74) is 0.649. The van der Waals surface area contributed by atoms with Crippen molar-refractivity contribution < 1.29 is 28.6 Å². The largest absolute Gasteiger partial charge is 0.467 e. The molecule has 0 aliphatic carbocycles. The number of methoxy groups -OCH3 is 1. The summed E-state index contributed by atoms with van der Waals surface area (Å²) in [5.74, 6) is -0.348. The molecule has 188 valence electrons. The number of pyridine rings is 1. The molecule has 37 heavy (non-hydrogen) atoms. The fourth-order valence-corrected chi connectivity index (χ4v) is 3.87. The van der Waals surface area contributed by atoms with Crippen molar-refractivity contribution in [2.24, 2.45) is 0 Å². The van der Waals surface area contributed by atoms with Crippen LogP contribution in [0.4, 0.5) is 4.79 Å². The van der Waals surface area contributed by atoms with Crippen LogP contribution in [-0.4, -0.2) is 51.9 Å². The number of hydrogen-bond acceptors (Lipinski definition) is 8. The Kier molecular flexibility index (Phi) is 6.28. The summed E-state index contributed by atoms with van der Waals surface area (Å²) in [6.45, 7) is 1.99. The van der Waals surface area contributed by atoms with Crippen molar-refractivity contribution in [3.63, 3.8) is 0 Å². The second-order valence-corrected chi connectivity index (χ2v) is 8.43. The second-order valence-electron chi connectivity index (χ2n) is 8.43. The number of imide groups is 2. The number of carbonyl (C=O) groups is 3. The van der Waals surface area contributed by atoms with E-state index in [0.717, 1.165) is 22.3 Å². The third-order valence-corrected chi connectivity index (χ3v) is 5.83. The number of carbonyl (C=O) groups excluding carboxylic acids is 3. The molecule has 0 bridgehead atoms. The van der Waals surface area contributed by atoms with Gasteiger partial charge in [0, 0.05) is 30.8 Å². The Bertz CT molecular complexity index is 1460. The number of nitrogens with one attached hydrogen (secondary N) is 2. The normalized spacial score (nSPS) is 14.8. The Balaban J connectivity index is 1.32. The average Bonchev–Trinajstić information content (AvgIpc) is 3.30. The van der Waals surface area contributed by atoms with Crippen molar-refractivity contribution >= 4 is 28.7 Å². The molecule has 5 rings (SSSR count). The Labute approximate surface area is 211 Å². The summed E-state index contributed by atoms with van der Waals surface area (Å²) in [5, 5.41) is 9.63. The number of hydrogen-bond donors (Lipinski definition) is 2. The Hall–Kier alpha value is -4.77. The summed E-state index contributed by atoms with van der Waals surface area (Å²) < 4.78 is 18.6. The molecule has 0 unspecified atom stereocenters. The molecule has 1 fully saturated rings. The third kappa shape index (κ3) is 4.84. The number of rotatable bonds is 8. The number of fused-ring (bicyclic) bond motifs is 1. The van der Waals surface area contributed by atoms with Gasteiger partial charge in [-0.1, -0.05) is 0 Å². The van der Waals surface area contributed by atoms with Crippen LogP contribution < -0.4 is 20.1 Å². The van der Waals surface area contributed by atoms with Gasteiger partial charge in [0.2, 0.25) is 0 Å². The molecule has 11 nitrogen and oxygen atoms in total. The van der Waals surface area contributed by atoms with E-state index in [2.05, 4.69) is 20.7 Å². The highest BCUT2D eigenvalue weighted by Crippen LogP contribution is 2.30. The molecule has 2 aromatic carbocycles. The molecule has 4 aromatic rings. The molecular weight excluding hydrogens is 478 g/mol. The first-order valence-corrected chi connectivity index (χ1v) is 11.4. The van der Waals surface area contributed by atoms with Gasteiger partial charge in [0.25, 0.3) is 17.4 Å². The lowest BCUT2D eigenvalue weighted by Crippen LogP contribution is -2.69. The van der Waals surface area contributed by atoms with Crippen LogP contribution in [0.1, 0.15) is 12.1 Å². The maximum atomic E-state index is 12.6. The highest BCUT2D eigenvalue weighted by atomic mass is 16.5. The summed E-state index contributed by atoms with van der Waals surface area (Å²) in [6.07, 6.45) is 3.58. The average molecular weight is 501 g/mol. The lowest BCUT2D eigenvalue weighted by molar-refractivity contribution is -0.153. The molecule has 2 N–H and O–H groups in total. The molecule has 0 spiro atoms. The number of urea groups is 1. The van der Waals surface area contributed by atoms with Crippen molar-refractivity contribution in [2.75, 3.05) is 13.7 Å². The lowest BCUT2D eigenvalue weighted by Gasteiger charge is -2.34. The first kappa shape index (κ1) is 23.9. The van der Waals surface area contributed by atoms with Gasteiger partial charge in [-0.05, 0) is 61.5 Å². The van der Waals surface area contributed by atoms with Gasteiger partial charge in [0.1, 0.15) is 17.2 Å². The Morgan fingerprint density at radius 1 is 0.919 bits per heavy atom. The number of aromatic nitrogens is 3. The quantitative estimate of drug-likeness (QED) is 0.352. The fraction of sp³-hybridized carbons (Fsp3) is 0.192. The molecule has 0 radical (unpaired) electrons. The van der Waals surface area contributed by atoms with Gasteiger partial charge in [0.05, 0.1) is 24.0 Å². The first-order chi connectivity index (χ1) is 17.9. The van der Waals surface area contributed by atoms with E-state index < -0.39 is 23.4 Å². The summed E-state index contributed by atoms with van der Waals surface area (Å²) in [6, 6.07) is 15.0. The van der Waals surface area contributed by atoms with E-state index in [1.54, 1.807) is 35.1 Å². The minimum absolute atomic E-state index is 0.0652. The maximum Gasteiger partial charge on any atom is 0.328 e. The minimum atomic E-state index is -1.94. The summed E-state index contributed by atoms with van der Waals surface area (Å²) in [7, 11) is 1.44. The predicted octanol–water partition coefficient (Wildman–Crippen LogP) is 3.04. The van der Waals surface area contributed by atoms with E-state index in [0.29, 0.717) is 11.5 Å². The number of nitrogens with zero attached hydrogens (tertiary/aromatic N) is 3. The van der Waals surface area contributed by atoms with Gasteiger partial charge in [-0.25, -0.2) is 9.48 Å². The van der Waals surface area contributed by atoms with Crippen LogP contribution in [0.3, 0.4) is 0 Å². The van der Waals surface area contributed by atoms with Crippen LogP contribution in [0.5, 0.6) is 17.2 Å². The maximum absolute atomic E-state index is 12.6. The zero-order valence-corrected chi connectivity index (χ0v) is 20.1. The second kappa shape index (κ2) is 9.70. The zero-order chi connectivity index (χ0) is 26.0. The van der Waals surface area contributed by atoms with Gasteiger partial charge in [-0.2, -0.15) is 5.10 Å². The van der Waals surface area contributed by atoms with E-state index in [-0.39, 0.29) is 18.8 Å². The summed E-state index contributed by atoms with van der Waals surface area (Å²) >= 11 is 0. The van der Waals surface area contributed by atoms with Gasteiger partial charge in [-0.3, -0.25) is 25.2 Å². The molecule has 1 aliphatic rings. The van der Waals surface area contributed by atoms with E-state index in [1.807, 2.05) is 43.5 Å². The fourth-order valence-electron chi connectivity index (χ4n) is 3.87. The molecule has 3 heterocycles. The lowest BCUT2D eigenvalue weighted by atomic mass is 9.95. The van der Waals surface area contributed by atoms with Crippen molar-refractivity contribution in [3.8, 4) is 22.9 Å². The molecule has 1 saturated heterocycles. The minimum Gasteiger partial charge on any atom is -0.467 e. The molecule has 1 aliphatic heterocycles. The molecule has 11 heteroatoms. The van der Waals surface area contributed by atoms with Crippen LogP contribution >= 0.6 is 0 Å². The highest BCUT2D eigenvalue weighted by Gasteiger charge is 2.52. The SMILES string of the molecule is COCCC1(Oc2ccc(Oc3ccc4nn(-c5ccc(C)nc5)cc4c3)cc2)C(=O)NC(=O)NC1=O. The highest BCUT2D eigenvalue weighted by molar-refractivity contribution is 6.21. The van der Waals surface area contributed by atoms with Crippen LogP contribution in [0.15, 0.2) is 67.0 Å². The number of benzene rings is 2. The topological polar surface area (TPSA) is 134 Å². The molecule has 4 amide bonds. The predicted molar refractivity (Wildman–Crippen MR) is 132 cm³/mol. The van der Waals surface area contributed by atoms with E-state index >= 15 is 0 Å². The van der Waals surface area contributed by atoms with Crippen LogP contribution in [0.2, 0.25) is 0 Å². The van der Waals surface area contributed by atoms with E-state index in [4.69, 9.17) is 14.2 Å². The van der Waals surface area contributed by atoms with Crippen molar-refractivity contribution in [3.05, 3.63) is 72.7 Å². The van der Waals surface area contributed by atoms with Crippen LogP contribution in [0.25, 0.3) is 16.6 Å². The Morgan fingerprint density at radius 2 is 1.62 bits per heavy atom. The first-order valence-electron chi connectivity index (χ1n) is 11.4. The zero-order valence-electron chi connectivity index (χ0n) is 20.1. The standard InChI is InChI=1S/C26H23N5O6/c1-16-3-4-18(14-27-16)31-15-17-13-21(9-10-22(17)30-31)36-19-5-7-20(8-6-19)37-26(11-12-35-2)23(32)28-25(34)29-24(26)33/h3-10,13-15H,11-12H2,1-2H3,(H2,28,29,32,33,34). The number of ether oxygens (including phenoxy) is 3. The van der Waals surface area contributed by atoms with Gasteiger partial charge in [0.15, 0.2) is 0 Å². The van der Waals surface area contributed by atoms with Gasteiger partial charge < -0.3 is 14.2 Å². The van der Waals surface area contributed by atoms with E-state index in [9.17, 15) is 14.4 Å². The molecule has 0 atom stereocenters. The monoisotopic (exact) mass is 501 g/mol. The number of barbiturate groups is 1. The van der Waals surface area contributed by atoms with E-state index in [1.165, 1.54) is 7.11 Å². The van der Waals surface area contributed by atoms with Crippen molar-refractivity contribution in [2.45, 2.75) is 18.9 Å². The van der Waals surface area contributed by atoms with Crippen LogP contribution in [0, 0.1) is 6.92 Å². The number of amides is 4. The summed E-state index contributed by atoms with van der Waals surface area (Å²) in [4.78, 5) is 40.9. The molecular formula is C26H23N5O6. The number of aryl methyl sites for hydroxylation is 1. The smallest absolute Gasteiger partial charge is 0.328 e. The molecule has 0 saturated carbocycles. The van der Waals surface area contributed by atoms with Gasteiger partial charge in [-0.15, -0.1) is 0 Å². The van der Waals surface area contributed by atoms with Crippen molar-refractivity contribution in [1.82, 2.24) is 25.4 Å². The van der Waals surface area contributed by atoms with Crippen LogP contribution in [-0.2, 0) is 14.3 Å². The Morgan fingerprint density at radius 3 is 2.30 bits per heavy atom. The molecule has 2 aromatic heterocycles.